The lowest BCUT2D eigenvalue weighted by Crippen LogP contribution is -2.11. The maximum Gasteiger partial charge on any atom is 0.144 e. The summed E-state index contributed by atoms with van der Waals surface area (Å²) in [6, 6.07) is 37.3. The minimum Gasteiger partial charge on any atom is -0.455 e. The summed E-state index contributed by atoms with van der Waals surface area (Å²) in [6.45, 7) is 0. The largest absolute Gasteiger partial charge is 0.455 e. The summed E-state index contributed by atoms with van der Waals surface area (Å²) < 4.78 is 6.40. The van der Waals surface area contributed by atoms with E-state index in [1.165, 1.54) is 5.39 Å². The first kappa shape index (κ1) is 19.3. The summed E-state index contributed by atoms with van der Waals surface area (Å²) in [5.41, 5.74) is 3.27. The Labute approximate surface area is 196 Å². The predicted octanol–water partition coefficient (Wildman–Crippen LogP) is 9.22. The zero-order valence-corrected chi connectivity index (χ0v) is 18.6. The van der Waals surface area contributed by atoms with Gasteiger partial charge in [0, 0.05) is 33.2 Å². The number of rotatable bonds is 3. The van der Waals surface area contributed by atoms with Crippen molar-refractivity contribution in [3.63, 3.8) is 0 Å². The van der Waals surface area contributed by atoms with Crippen LogP contribution in [0.15, 0.2) is 119 Å². The Morgan fingerprint density at radius 3 is 1.94 bits per heavy atom. The molecule has 0 spiro atoms. The molecule has 4 heteroatoms. The average molecular weight is 452 g/mol. The molecule has 1 aliphatic heterocycles. The van der Waals surface area contributed by atoms with Crippen molar-refractivity contribution in [1.29, 1.82) is 0 Å². The van der Waals surface area contributed by atoms with Crippen LogP contribution in [0.2, 0.25) is 5.02 Å². The lowest BCUT2D eigenvalue weighted by molar-refractivity contribution is 0.456. The fourth-order valence-electron chi connectivity index (χ4n) is 4.13. The molecule has 0 fully saturated rings. The highest BCUT2D eigenvalue weighted by molar-refractivity contribution is 7.99. The van der Waals surface area contributed by atoms with Gasteiger partial charge in [-0.1, -0.05) is 84.0 Å². The van der Waals surface area contributed by atoms with E-state index in [0.717, 1.165) is 43.7 Å². The minimum atomic E-state index is 0.712. The fraction of sp³-hybridized carbons (Fsp3) is 0. The SMILES string of the molecule is Clc1ccc2c(c1)Sc1c(cc(N(c3ccccc3)c3ccccc3)c3ccccc13)O2. The van der Waals surface area contributed by atoms with E-state index in [0.29, 0.717) is 5.02 Å². The molecule has 5 aromatic carbocycles. The molecule has 0 bridgehead atoms. The Morgan fingerprint density at radius 2 is 1.25 bits per heavy atom. The summed E-state index contributed by atoms with van der Waals surface area (Å²) in [4.78, 5) is 4.43. The molecule has 0 unspecified atom stereocenters. The molecule has 154 valence electrons. The molecule has 0 saturated carbocycles. The van der Waals surface area contributed by atoms with Gasteiger partial charge in [-0.05, 0) is 42.5 Å². The van der Waals surface area contributed by atoms with Crippen LogP contribution in [0, 0.1) is 0 Å². The summed E-state index contributed by atoms with van der Waals surface area (Å²) >= 11 is 7.96. The summed E-state index contributed by atoms with van der Waals surface area (Å²) in [5.74, 6) is 1.69. The zero-order valence-electron chi connectivity index (χ0n) is 17.0. The maximum absolute atomic E-state index is 6.40. The molecule has 0 radical (unpaired) electrons. The molecular weight excluding hydrogens is 434 g/mol. The zero-order chi connectivity index (χ0) is 21.5. The molecule has 0 aromatic heterocycles. The van der Waals surface area contributed by atoms with Crippen molar-refractivity contribution in [1.82, 2.24) is 0 Å². The Bertz CT molecular complexity index is 1400. The van der Waals surface area contributed by atoms with E-state index in [9.17, 15) is 0 Å². The standard InChI is InChI=1S/C28H18ClNOS/c29-19-15-16-25-27(17-19)32-28-23-14-8-7-13-22(23)24(18-26(28)31-25)30(20-9-3-1-4-10-20)21-11-5-2-6-12-21/h1-18H. The highest BCUT2D eigenvalue weighted by Gasteiger charge is 2.25. The van der Waals surface area contributed by atoms with Crippen molar-refractivity contribution in [3.8, 4) is 11.5 Å². The van der Waals surface area contributed by atoms with E-state index in [1.54, 1.807) is 11.8 Å². The summed E-state index contributed by atoms with van der Waals surface area (Å²) in [6.07, 6.45) is 0. The lowest BCUT2D eigenvalue weighted by atomic mass is 10.1. The molecule has 2 nitrogen and oxygen atoms in total. The second-order valence-electron chi connectivity index (χ2n) is 7.57. The first-order valence-corrected chi connectivity index (χ1v) is 11.6. The Morgan fingerprint density at radius 1 is 0.625 bits per heavy atom. The van der Waals surface area contributed by atoms with Gasteiger partial charge in [0.15, 0.2) is 0 Å². The van der Waals surface area contributed by atoms with Crippen molar-refractivity contribution < 1.29 is 4.74 Å². The van der Waals surface area contributed by atoms with E-state index in [-0.39, 0.29) is 0 Å². The Balaban J connectivity index is 1.61. The van der Waals surface area contributed by atoms with Crippen LogP contribution in [-0.2, 0) is 0 Å². The van der Waals surface area contributed by atoms with Crippen molar-refractivity contribution in [2.24, 2.45) is 0 Å². The number of ether oxygens (including phenoxy) is 1. The molecule has 1 heterocycles. The van der Waals surface area contributed by atoms with Gasteiger partial charge in [0.25, 0.3) is 0 Å². The second-order valence-corrected chi connectivity index (χ2v) is 9.06. The van der Waals surface area contributed by atoms with Crippen molar-refractivity contribution in [3.05, 3.63) is 114 Å². The molecule has 0 atom stereocenters. The molecule has 5 aromatic rings. The van der Waals surface area contributed by atoms with E-state index in [1.807, 2.05) is 30.3 Å². The lowest BCUT2D eigenvalue weighted by Gasteiger charge is -2.29. The smallest absolute Gasteiger partial charge is 0.144 e. The van der Waals surface area contributed by atoms with Gasteiger partial charge >= 0.3 is 0 Å². The van der Waals surface area contributed by atoms with E-state index in [2.05, 4.69) is 83.8 Å². The van der Waals surface area contributed by atoms with Crippen LogP contribution >= 0.6 is 23.4 Å². The molecular formula is C28H18ClNOS. The predicted molar refractivity (Wildman–Crippen MR) is 134 cm³/mol. The topological polar surface area (TPSA) is 12.5 Å². The Kier molecular flexibility index (Phi) is 4.79. The van der Waals surface area contributed by atoms with Crippen LogP contribution in [0.4, 0.5) is 17.1 Å². The van der Waals surface area contributed by atoms with Gasteiger partial charge in [-0.15, -0.1) is 0 Å². The maximum atomic E-state index is 6.40. The number of benzene rings is 5. The number of hydrogen-bond donors (Lipinski definition) is 0. The van der Waals surface area contributed by atoms with E-state index >= 15 is 0 Å². The number of fused-ring (bicyclic) bond motifs is 4. The van der Waals surface area contributed by atoms with E-state index < -0.39 is 0 Å². The van der Waals surface area contributed by atoms with Gasteiger partial charge in [0.05, 0.1) is 15.5 Å². The van der Waals surface area contributed by atoms with Gasteiger partial charge in [-0.2, -0.15) is 0 Å². The van der Waals surface area contributed by atoms with Crippen LogP contribution < -0.4 is 9.64 Å². The number of hydrogen-bond acceptors (Lipinski definition) is 3. The van der Waals surface area contributed by atoms with E-state index in [4.69, 9.17) is 16.3 Å². The van der Waals surface area contributed by atoms with Gasteiger partial charge in [-0.25, -0.2) is 0 Å². The number of para-hydroxylation sites is 2. The monoisotopic (exact) mass is 451 g/mol. The van der Waals surface area contributed by atoms with Gasteiger partial charge in [-0.3, -0.25) is 0 Å². The highest BCUT2D eigenvalue weighted by Crippen LogP contribution is 2.53. The first-order chi connectivity index (χ1) is 15.8. The molecule has 0 saturated heterocycles. The number of halogens is 1. The fourth-order valence-corrected chi connectivity index (χ4v) is 5.47. The van der Waals surface area contributed by atoms with Gasteiger partial charge < -0.3 is 9.64 Å². The third kappa shape index (κ3) is 3.31. The van der Waals surface area contributed by atoms with Crippen molar-refractivity contribution in [2.75, 3.05) is 4.90 Å². The summed E-state index contributed by atoms with van der Waals surface area (Å²) in [7, 11) is 0. The molecule has 1 aliphatic rings. The summed E-state index contributed by atoms with van der Waals surface area (Å²) in [5, 5.41) is 3.04. The third-order valence-electron chi connectivity index (χ3n) is 5.55. The molecule has 32 heavy (non-hydrogen) atoms. The van der Waals surface area contributed by atoms with Crippen LogP contribution in [-0.4, -0.2) is 0 Å². The van der Waals surface area contributed by atoms with Crippen molar-refractivity contribution >= 4 is 51.2 Å². The van der Waals surface area contributed by atoms with Crippen LogP contribution in [0.1, 0.15) is 0 Å². The number of nitrogens with zero attached hydrogens (tertiary/aromatic N) is 1. The van der Waals surface area contributed by atoms with Gasteiger partial charge in [0.2, 0.25) is 0 Å². The van der Waals surface area contributed by atoms with Crippen LogP contribution in [0.5, 0.6) is 11.5 Å². The van der Waals surface area contributed by atoms with Crippen LogP contribution in [0.3, 0.4) is 0 Å². The normalized spacial score (nSPS) is 12.0. The third-order valence-corrected chi connectivity index (χ3v) is 6.95. The quantitative estimate of drug-likeness (QED) is 0.266. The first-order valence-electron chi connectivity index (χ1n) is 10.4. The average Bonchev–Trinajstić information content (AvgIpc) is 2.85. The minimum absolute atomic E-state index is 0.712. The number of anilines is 3. The van der Waals surface area contributed by atoms with Gasteiger partial charge in [0.1, 0.15) is 11.5 Å². The highest BCUT2D eigenvalue weighted by atomic mass is 35.5. The molecule has 0 amide bonds. The Hall–Kier alpha value is -3.40. The molecule has 0 N–H and O–H groups in total. The molecule has 0 aliphatic carbocycles. The molecule has 6 rings (SSSR count). The van der Waals surface area contributed by atoms with Crippen LogP contribution in [0.25, 0.3) is 10.8 Å². The second kappa shape index (κ2) is 7.94. The van der Waals surface area contributed by atoms with Crippen molar-refractivity contribution in [2.45, 2.75) is 9.79 Å².